The number of benzene rings is 4. The molecule has 0 N–H and O–H groups in total. The molecule has 204 valence electrons. The van der Waals surface area contributed by atoms with Gasteiger partial charge in [-0.05, 0) is 74.7 Å². The minimum atomic E-state index is -0.317. The van der Waals surface area contributed by atoms with Crippen molar-refractivity contribution in [3.8, 4) is 23.1 Å². The lowest BCUT2D eigenvalue weighted by atomic mass is 10.1. The maximum absolute atomic E-state index is 13.6. The van der Waals surface area contributed by atoms with Crippen LogP contribution in [0.3, 0.4) is 0 Å². The first-order chi connectivity index (χ1) is 19.9. The van der Waals surface area contributed by atoms with Crippen LogP contribution in [0.5, 0.6) is 11.5 Å². The van der Waals surface area contributed by atoms with E-state index in [0.717, 1.165) is 10.9 Å². The minimum Gasteiger partial charge on any atom is -0.493 e. The van der Waals surface area contributed by atoms with Gasteiger partial charge in [0.05, 0.1) is 28.7 Å². The molecule has 2 aromatic heterocycles. The van der Waals surface area contributed by atoms with Crippen molar-refractivity contribution in [1.82, 2.24) is 9.66 Å². The Hall–Kier alpha value is -4.21. The van der Waals surface area contributed by atoms with E-state index in [1.54, 1.807) is 37.6 Å². The quantitative estimate of drug-likeness (QED) is 0.160. The van der Waals surface area contributed by atoms with Gasteiger partial charge in [0.15, 0.2) is 17.3 Å². The molecule has 0 bridgehead atoms. The number of aromatic nitrogens is 2. The van der Waals surface area contributed by atoms with E-state index in [0.29, 0.717) is 60.7 Å². The first kappa shape index (κ1) is 27.0. The van der Waals surface area contributed by atoms with Gasteiger partial charge in [-0.15, -0.1) is 0 Å². The molecule has 0 fully saturated rings. The highest BCUT2D eigenvalue weighted by Gasteiger charge is 2.19. The summed E-state index contributed by atoms with van der Waals surface area (Å²) in [6.07, 6.45) is 1.57. The molecule has 7 nitrogen and oxygen atoms in total. The summed E-state index contributed by atoms with van der Waals surface area (Å²) in [5, 5.41) is 5.94. The molecule has 0 radical (unpaired) electrons. The Morgan fingerprint density at radius 2 is 1.73 bits per heavy atom. The van der Waals surface area contributed by atoms with Gasteiger partial charge in [-0.25, -0.2) is 4.98 Å². The molecule has 9 heteroatoms. The van der Waals surface area contributed by atoms with Crippen LogP contribution in [0.1, 0.15) is 16.7 Å². The second kappa shape index (κ2) is 11.3. The molecule has 6 rings (SSSR count). The number of halogens is 2. The standard InChI is InChI=1S/C32H23Br2N3O4/c1-19-11-13-20(14-12-19)18-40-30-26(39-2)16-22(28(33)29(30)34)17-35-37-31(27-15-21-7-3-6-10-25(21)41-27)36-24-9-5-4-8-23(24)32(37)38/h3-17H,18H2,1-2H3. The number of methoxy groups -OCH3 is 1. The largest absolute Gasteiger partial charge is 0.493 e. The zero-order valence-electron chi connectivity index (χ0n) is 22.1. The Bertz CT molecular complexity index is 1960. The van der Waals surface area contributed by atoms with Gasteiger partial charge >= 0.3 is 0 Å². The van der Waals surface area contributed by atoms with Gasteiger partial charge in [0.2, 0.25) is 5.82 Å². The molecule has 2 heterocycles. The number of para-hydroxylation sites is 2. The van der Waals surface area contributed by atoms with E-state index in [9.17, 15) is 4.79 Å². The predicted molar refractivity (Wildman–Crippen MR) is 168 cm³/mol. The van der Waals surface area contributed by atoms with Crippen LogP contribution in [-0.4, -0.2) is 23.0 Å². The van der Waals surface area contributed by atoms with E-state index in [4.69, 9.17) is 18.9 Å². The second-order valence-corrected chi connectivity index (χ2v) is 10.9. The van der Waals surface area contributed by atoms with Gasteiger partial charge < -0.3 is 13.9 Å². The number of hydrogen-bond acceptors (Lipinski definition) is 6. The maximum atomic E-state index is 13.6. The summed E-state index contributed by atoms with van der Waals surface area (Å²) in [6, 6.07) is 26.6. The number of hydrogen-bond donors (Lipinski definition) is 0. The monoisotopic (exact) mass is 671 g/mol. The first-order valence-electron chi connectivity index (χ1n) is 12.7. The number of aryl methyl sites for hydroxylation is 1. The summed E-state index contributed by atoms with van der Waals surface area (Å²) >= 11 is 7.30. The smallest absolute Gasteiger partial charge is 0.282 e. The molecular formula is C32H23Br2N3O4. The van der Waals surface area contributed by atoms with E-state index in [-0.39, 0.29) is 5.56 Å². The molecule has 0 aliphatic rings. The van der Waals surface area contributed by atoms with E-state index in [1.165, 1.54) is 10.2 Å². The Labute approximate surface area is 252 Å². The van der Waals surface area contributed by atoms with Gasteiger partial charge in [-0.1, -0.05) is 60.2 Å². The number of furan rings is 1. The summed E-state index contributed by atoms with van der Waals surface area (Å²) in [5.41, 5.74) is 3.81. The third-order valence-corrected chi connectivity index (χ3v) is 8.73. The lowest BCUT2D eigenvalue weighted by molar-refractivity contribution is 0.282. The van der Waals surface area contributed by atoms with Crippen LogP contribution >= 0.6 is 31.9 Å². The van der Waals surface area contributed by atoms with E-state index in [2.05, 4.69) is 37.0 Å². The lowest BCUT2D eigenvalue weighted by Gasteiger charge is -2.15. The summed E-state index contributed by atoms with van der Waals surface area (Å²) in [6.45, 7) is 2.41. The third kappa shape index (κ3) is 5.30. The van der Waals surface area contributed by atoms with Crippen molar-refractivity contribution in [3.05, 3.63) is 121 Å². The highest BCUT2D eigenvalue weighted by molar-refractivity contribution is 9.13. The molecule has 0 aliphatic heterocycles. The van der Waals surface area contributed by atoms with Crippen molar-refractivity contribution in [1.29, 1.82) is 0 Å². The lowest BCUT2D eigenvalue weighted by Crippen LogP contribution is -2.20. The third-order valence-electron chi connectivity index (χ3n) is 6.59. The van der Waals surface area contributed by atoms with E-state index >= 15 is 0 Å². The van der Waals surface area contributed by atoms with Gasteiger partial charge in [0, 0.05) is 15.4 Å². The summed E-state index contributed by atoms with van der Waals surface area (Å²) in [5.74, 6) is 1.78. The average Bonchev–Trinajstić information content (AvgIpc) is 3.43. The molecule has 0 amide bonds. The first-order valence-corrected chi connectivity index (χ1v) is 14.3. The van der Waals surface area contributed by atoms with Crippen LogP contribution in [0.25, 0.3) is 33.5 Å². The summed E-state index contributed by atoms with van der Waals surface area (Å²) < 4.78 is 20.5. The fraction of sp³-hybridized carbons (Fsp3) is 0.0938. The topological polar surface area (TPSA) is 78.9 Å². The number of fused-ring (bicyclic) bond motifs is 2. The molecule has 41 heavy (non-hydrogen) atoms. The highest BCUT2D eigenvalue weighted by atomic mass is 79.9. The van der Waals surface area contributed by atoms with Crippen molar-refractivity contribution in [2.24, 2.45) is 5.10 Å². The Balaban J connectivity index is 1.42. The fourth-order valence-electron chi connectivity index (χ4n) is 4.43. The zero-order chi connectivity index (χ0) is 28.5. The van der Waals surface area contributed by atoms with E-state index < -0.39 is 0 Å². The number of nitrogens with zero attached hydrogens (tertiary/aromatic N) is 3. The van der Waals surface area contributed by atoms with E-state index in [1.807, 2.05) is 67.6 Å². The van der Waals surface area contributed by atoms with Gasteiger partial charge in [0.1, 0.15) is 12.2 Å². The van der Waals surface area contributed by atoms with Crippen LogP contribution in [0, 0.1) is 6.92 Å². The van der Waals surface area contributed by atoms with Gasteiger partial charge in [-0.2, -0.15) is 9.78 Å². The number of ether oxygens (including phenoxy) is 2. The van der Waals surface area contributed by atoms with Crippen molar-refractivity contribution in [3.63, 3.8) is 0 Å². The fourth-order valence-corrected chi connectivity index (χ4v) is 5.36. The predicted octanol–water partition coefficient (Wildman–Crippen LogP) is 8.11. The summed E-state index contributed by atoms with van der Waals surface area (Å²) in [4.78, 5) is 18.4. The Kier molecular flexibility index (Phi) is 7.47. The molecule has 0 saturated heterocycles. The van der Waals surface area contributed by atoms with Crippen LogP contribution < -0.4 is 15.0 Å². The average molecular weight is 673 g/mol. The zero-order valence-corrected chi connectivity index (χ0v) is 25.3. The summed E-state index contributed by atoms with van der Waals surface area (Å²) in [7, 11) is 1.58. The molecule has 0 saturated carbocycles. The normalized spacial score (nSPS) is 11.5. The van der Waals surface area contributed by atoms with Gasteiger partial charge in [-0.3, -0.25) is 4.79 Å². The SMILES string of the molecule is COc1cc(C=Nn2c(-c3cc4ccccc4o3)nc3ccccc3c2=O)c(Br)c(Br)c1OCc1ccc(C)cc1. The number of rotatable bonds is 7. The maximum Gasteiger partial charge on any atom is 0.282 e. The Morgan fingerprint density at radius 1 is 0.976 bits per heavy atom. The van der Waals surface area contributed by atoms with Crippen LogP contribution in [0.4, 0.5) is 0 Å². The molecule has 6 aromatic rings. The van der Waals surface area contributed by atoms with Gasteiger partial charge in [0.25, 0.3) is 5.56 Å². The second-order valence-electron chi connectivity index (χ2n) is 9.36. The van der Waals surface area contributed by atoms with Crippen molar-refractivity contribution in [2.45, 2.75) is 13.5 Å². The van der Waals surface area contributed by atoms with Crippen molar-refractivity contribution >= 4 is 59.9 Å². The molecule has 0 aliphatic carbocycles. The highest BCUT2D eigenvalue weighted by Crippen LogP contribution is 2.42. The molecule has 0 unspecified atom stereocenters. The van der Waals surface area contributed by atoms with Crippen LogP contribution in [-0.2, 0) is 6.61 Å². The van der Waals surface area contributed by atoms with Crippen LogP contribution in [0.15, 0.2) is 108 Å². The molecule has 0 spiro atoms. The molecular weight excluding hydrogens is 650 g/mol. The molecule has 0 atom stereocenters. The minimum absolute atomic E-state index is 0.293. The Morgan fingerprint density at radius 3 is 2.51 bits per heavy atom. The molecule has 4 aromatic carbocycles. The van der Waals surface area contributed by atoms with Crippen molar-refractivity contribution < 1.29 is 13.9 Å². The van der Waals surface area contributed by atoms with Crippen LogP contribution in [0.2, 0.25) is 0 Å². The van der Waals surface area contributed by atoms with Crippen molar-refractivity contribution in [2.75, 3.05) is 7.11 Å².